The van der Waals surface area contributed by atoms with E-state index in [1.165, 1.54) is 6.92 Å². The molecule has 0 saturated carbocycles. The molecule has 0 aromatic carbocycles. The zero-order chi connectivity index (χ0) is 12.9. The number of carbonyl (C=O) groups is 1. The van der Waals surface area contributed by atoms with E-state index in [1.807, 2.05) is 13.8 Å². The number of halogens is 2. The molecule has 0 aliphatic carbocycles. The maximum absolute atomic E-state index is 12.8. The number of hydrogen-bond donors (Lipinski definition) is 2. The molecular formula is C11H22F2N2O. The number of carbonyl (C=O) groups excluding carboxylic acids is 1. The molecule has 0 aromatic heterocycles. The van der Waals surface area contributed by atoms with Crippen LogP contribution in [-0.4, -0.2) is 24.4 Å². The minimum atomic E-state index is -2.61. The van der Waals surface area contributed by atoms with Crippen LogP contribution in [0.1, 0.15) is 34.1 Å². The molecule has 0 spiro atoms. The molecule has 3 nitrogen and oxygen atoms in total. The first-order valence-corrected chi connectivity index (χ1v) is 5.55. The van der Waals surface area contributed by atoms with Crippen molar-refractivity contribution in [3.8, 4) is 0 Å². The van der Waals surface area contributed by atoms with Gasteiger partial charge in [0.15, 0.2) is 0 Å². The molecule has 0 fully saturated rings. The van der Waals surface area contributed by atoms with Crippen LogP contribution in [0.25, 0.3) is 0 Å². The van der Waals surface area contributed by atoms with E-state index in [2.05, 4.69) is 5.32 Å². The molecule has 96 valence electrons. The van der Waals surface area contributed by atoms with Crippen LogP contribution in [0.4, 0.5) is 8.78 Å². The van der Waals surface area contributed by atoms with Crippen molar-refractivity contribution >= 4 is 5.91 Å². The third-order valence-electron chi connectivity index (χ3n) is 2.97. The van der Waals surface area contributed by atoms with Crippen molar-refractivity contribution in [2.45, 2.75) is 46.1 Å². The highest BCUT2D eigenvalue weighted by molar-refractivity contribution is 5.79. The molecule has 1 amide bonds. The zero-order valence-corrected chi connectivity index (χ0v) is 10.4. The highest BCUT2D eigenvalue weighted by Crippen LogP contribution is 2.21. The Labute approximate surface area is 95.8 Å². The predicted octanol–water partition coefficient (Wildman–Crippen LogP) is 1.77. The maximum Gasteiger partial charge on any atom is 0.261 e. The van der Waals surface area contributed by atoms with Gasteiger partial charge in [-0.25, -0.2) is 8.78 Å². The number of nitrogens with one attached hydrogen (secondary N) is 1. The van der Waals surface area contributed by atoms with Crippen molar-refractivity contribution in [3.05, 3.63) is 0 Å². The van der Waals surface area contributed by atoms with Gasteiger partial charge in [0.2, 0.25) is 5.91 Å². The molecule has 3 N–H and O–H groups in total. The second-order valence-electron chi connectivity index (χ2n) is 4.78. The van der Waals surface area contributed by atoms with Gasteiger partial charge in [-0.05, 0) is 25.8 Å². The van der Waals surface area contributed by atoms with Crippen LogP contribution in [0.3, 0.4) is 0 Å². The van der Waals surface area contributed by atoms with Crippen LogP contribution < -0.4 is 11.1 Å². The van der Waals surface area contributed by atoms with Crippen LogP contribution in [0.5, 0.6) is 0 Å². The van der Waals surface area contributed by atoms with Gasteiger partial charge in [-0.3, -0.25) is 4.79 Å². The normalized spacial score (nSPS) is 17.3. The molecule has 0 aliphatic heterocycles. The standard InChI is InChI=1S/C11H22F2N2O/c1-7(2)8(3)9(16)15-11(4,5-6-14)10(12)13/h7-8,10H,5-6,14H2,1-4H3,(H,15,16). The van der Waals surface area contributed by atoms with E-state index in [0.29, 0.717) is 0 Å². The first-order chi connectivity index (χ1) is 7.24. The number of rotatable bonds is 6. The summed E-state index contributed by atoms with van der Waals surface area (Å²) in [7, 11) is 0. The largest absolute Gasteiger partial charge is 0.345 e. The molecule has 5 heteroatoms. The van der Waals surface area contributed by atoms with Gasteiger partial charge >= 0.3 is 0 Å². The van der Waals surface area contributed by atoms with Gasteiger partial charge in [-0.1, -0.05) is 20.8 Å². The average Bonchev–Trinajstić information content (AvgIpc) is 2.16. The van der Waals surface area contributed by atoms with Crippen LogP contribution in [0, 0.1) is 11.8 Å². The first-order valence-electron chi connectivity index (χ1n) is 5.55. The lowest BCUT2D eigenvalue weighted by Gasteiger charge is -2.31. The van der Waals surface area contributed by atoms with Crippen molar-refractivity contribution in [1.29, 1.82) is 0 Å². The fraction of sp³-hybridized carbons (Fsp3) is 0.909. The minimum absolute atomic E-state index is 0.0707. The van der Waals surface area contributed by atoms with Crippen molar-refractivity contribution in [2.24, 2.45) is 17.6 Å². The molecule has 0 saturated heterocycles. The second-order valence-corrected chi connectivity index (χ2v) is 4.78. The fourth-order valence-electron chi connectivity index (χ4n) is 1.22. The average molecular weight is 236 g/mol. The predicted molar refractivity (Wildman–Crippen MR) is 60.2 cm³/mol. The Balaban J connectivity index is 4.58. The van der Waals surface area contributed by atoms with E-state index in [1.54, 1.807) is 6.92 Å². The summed E-state index contributed by atoms with van der Waals surface area (Å²) in [6.45, 7) is 6.95. The van der Waals surface area contributed by atoms with Crippen molar-refractivity contribution in [3.63, 3.8) is 0 Å². The molecule has 2 unspecified atom stereocenters. The molecule has 0 rings (SSSR count). The lowest BCUT2D eigenvalue weighted by Crippen LogP contribution is -2.54. The molecule has 0 heterocycles. The minimum Gasteiger partial charge on any atom is -0.345 e. The quantitative estimate of drug-likeness (QED) is 0.738. The van der Waals surface area contributed by atoms with Crippen LogP contribution in [0.2, 0.25) is 0 Å². The summed E-state index contributed by atoms with van der Waals surface area (Å²) in [6.07, 6.45) is -2.54. The van der Waals surface area contributed by atoms with Crippen molar-refractivity contribution in [2.75, 3.05) is 6.54 Å². The summed E-state index contributed by atoms with van der Waals surface area (Å²) in [5, 5.41) is 2.41. The molecule has 0 aromatic rings. The molecule has 2 atom stereocenters. The molecule has 0 bridgehead atoms. The lowest BCUT2D eigenvalue weighted by molar-refractivity contribution is -0.130. The molecule has 0 radical (unpaired) electrons. The first kappa shape index (κ1) is 15.3. The van der Waals surface area contributed by atoms with E-state index in [0.717, 1.165) is 0 Å². The monoisotopic (exact) mass is 236 g/mol. The fourth-order valence-corrected chi connectivity index (χ4v) is 1.22. The van der Waals surface area contributed by atoms with E-state index < -0.39 is 12.0 Å². The Morgan fingerprint density at radius 1 is 1.38 bits per heavy atom. The van der Waals surface area contributed by atoms with Gasteiger partial charge in [0.1, 0.15) is 0 Å². The highest BCUT2D eigenvalue weighted by atomic mass is 19.3. The van der Waals surface area contributed by atoms with Gasteiger partial charge in [-0.2, -0.15) is 0 Å². The zero-order valence-electron chi connectivity index (χ0n) is 10.4. The summed E-state index contributed by atoms with van der Waals surface area (Å²) in [5.41, 5.74) is 3.76. The Morgan fingerprint density at radius 3 is 2.19 bits per heavy atom. The number of amides is 1. The van der Waals surface area contributed by atoms with Gasteiger partial charge in [-0.15, -0.1) is 0 Å². The molecular weight excluding hydrogens is 214 g/mol. The molecule has 0 aliphatic rings. The summed E-state index contributed by atoms with van der Waals surface area (Å²) < 4.78 is 25.7. The van der Waals surface area contributed by atoms with E-state index >= 15 is 0 Å². The topological polar surface area (TPSA) is 55.1 Å². The third-order valence-corrected chi connectivity index (χ3v) is 2.97. The van der Waals surface area contributed by atoms with E-state index in [-0.39, 0.29) is 30.7 Å². The van der Waals surface area contributed by atoms with Crippen LogP contribution in [-0.2, 0) is 4.79 Å². The Kier molecular flexibility index (Phi) is 5.86. The van der Waals surface area contributed by atoms with Crippen LogP contribution >= 0.6 is 0 Å². The number of alkyl halides is 2. The Morgan fingerprint density at radius 2 is 1.88 bits per heavy atom. The summed E-state index contributed by atoms with van der Waals surface area (Å²) in [5.74, 6) is -0.498. The van der Waals surface area contributed by atoms with E-state index in [9.17, 15) is 13.6 Å². The SMILES string of the molecule is CC(C)C(C)C(=O)NC(C)(CCN)C(F)F. The smallest absolute Gasteiger partial charge is 0.261 e. The van der Waals surface area contributed by atoms with Gasteiger partial charge in [0, 0.05) is 5.92 Å². The highest BCUT2D eigenvalue weighted by Gasteiger charge is 2.36. The summed E-state index contributed by atoms with van der Waals surface area (Å²) in [6, 6.07) is 0. The van der Waals surface area contributed by atoms with Crippen molar-refractivity contribution < 1.29 is 13.6 Å². The number of hydrogen-bond acceptors (Lipinski definition) is 2. The van der Waals surface area contributed by atoms with E-state index in [4.69, 9.17) is 5.73 Å². The second kappa shape index (κ2) is 6.13. The summed E-state index contributed by atoms with van der Waals surface area (Å²) >= 11 is 0. The third kappa shape index (κ3) is 4.04. The Hall–Kier alpha value is -0.710. The summed E-state index contributed by atoms with van der Waals surface area (Å²) in [4.78, 5) is 11.7. The maximum atomic E-state index is 12.8. The Bertz CT molecular complexity index is 234. The molecule has 16 heavy (non-hydrogen) atoms. The van der Waals surface area contributed by atoms with Crippen molar-refractivity contribution in [1.82, 2.24) is 5.32 Å². The lowest BCUT2D eigenvalue weighted by atomic mass is 9.93. The van der Waals surface area contributed by atoms with Gasteiger partial charge in [0.25, 0.3) is 6.43 Å². The number of nitrogens with two attached hydrogens (primary N) is 1. The van der Waals surface area contributed by atoms with Gasteiger partial charge < -0.3 is 11.1 Å². The van der Waals surface area contributed by atoms with Gasteiger partial charge in [0.05, 0.1) is 5.54 Å². The van der Waals surface area contributed by atoms with Crippen LogP contribution in [0.15, 0.2) is 0 Å².